The molecule has 3 aliphatic rings. The van der Waals surface area contributed by atoms with Crippen LogP contribution in [-0.2, 0) is 14.2 Å². The Morgan fingerprint density at radius 3 is 2.72 bits per heavy atom. The van der Waals surface area contributed by atoms with E-state index in [-0.39, 0.29) is 6.61 Å². The maximum Gasteiger partial charge on any atom is 0.191 e. The molecule has 18 heavy (non-hydrogen) atoms. The molecule has 0 aromatic rings. The number of rotatable bonds is 1. The Balaban J connectivity index is 1.78. The Morgan fingerprint density at radius 1 is 1.17 bits per heavy atom. The summed E-state index contributed by atoms with van der Waals surface area (Å²) in [6.45, 7) is 2.73. The lowest BCUT2D eigenvalue weighted by molar-refractivity contribution is -0.358. The van der Waals surface area contributed by atoms with Gasteiger partial charge >= 0.3 is 0 Å². The fraction of sp³-hybridized carbons (Fsp3) is 0.857. The van der Waals surface area contributed by atoms with E-state index in [0.29, 0.717) is 0 Å². The Hall–Kier alpha value is -0.420. The zero-order valence-electron chi connectivity index (χ0n) is 11.0. The molecular weight excluding hydrogens is 232 g/mol. The van der Waals surface area contributed by atoms with Crippen LogP contribution >= 0.6 is 0 Å². The highest BCUT2D eigenvalue weighted by Crippen LogP contribution is 2.47. The third-order valence-electron chi connectivity index (χ3n) is 4.23. The molecule has 0 saturated carbocycles. The summed E-state index contributed by atoms with van der Waals surface area (Å²) in [5, 5.41) is 9.41. The second-order valence-electron chi connectivity index (χ2n) is 5.95. The second kappa shape index (κ2) is 4.30. The van der Waals surface area contributed by atoms with Gasteiger partial charge in [0.2, 0.25) is 0 Å². The normalized spacial score (nSPS) is 48.1. The van der Waals surface area contributed by atoms with Gasteiger partial charge < -0.3 is 19.3 Å². The SMILES string of the molecule is C[C@@]1(CO)CC[C@@]2(CC=C[C@@]3(CCCCO3)O2)O1. The van der Waals surface area contributed by atoms with Crippen molar-refractivity contribution in [1.29, 1.82) is 0 Å². The van der Waals surface area contributed by atoms with Gasteiger partial charge in [-0.15, -0.1) is 0 Å². The van der Waals surface area contributed by atoms with E-state index in [1.165, 1.54) is 0 Å². The predicted octanol–water partition coefficient (Wildman–Crippen LogP) is 2.12. The van der Waals surface area contributed by atoms with Gasteiger partial charge in [0.15, 0.2) is 11.6 Å². The van der Waals surface area contributed by atoms with Gasteiger partial charge in [-0.05, 0) is 32.3 Å². The minimum atomic E-state index is -0.594. The molecule has 0 radical (unpaired) electrons. The van der Waals surface area contributed by atoms with Crippen LogP contribution in [0.4, 0.5) is 0 Å². The first-order valence-electron chi connectivity index (χ1n) is 6.92. The van der Waals surface area contributed by atoms with E-state index in [0.717, 1.165) is 45.1 Å². The van der Waals surface area contributed by atoms with Crippen LogP contribution < -0.4 is 0 Å². The van der Waals surface area contributed by atoms with Crippen molar-refractivity contribution in [3.05, 3.63) is 12.2 Å². The number of aliphatic hydroxyl groups excluding tert-OH is 1. The third-order valence-corrected chi connectivity index (χ3v) is 4.23. The predicted molar refractivity (Wildman–Crippen MR) is 65.9 cm³/mol. The van der Waals surface area contributed by atoms with E-state index in [1.54, 1.807) is 0 Å². The third kappa shape index (κ3) is 2.11. The van der Waals surface area contributed by atoms with Gasteiger partial charge in [-0.25, -0.2) is 0 Å². The molecule has 2 saturated heterocycles. The molecule has 0 aromatic carbocycles. The van der Waals surface area contributed by atoms with Gasteiger partial charge in [-0.3, -0.25) is 0 Å². The van der Waals surface area contributed by atoms with Crippen LogP contribution in [0.25, 0.3) is 0 Å². The molecule has 4 nitrogen and oxygen atoms in total. The van der Waals surface area contributed by atoms with E-state index in [2.05, 4.69) is 6.08 Å². The smallest absolute Gasteiger partial charge is 0.191 e. The second-order valence-corrected chi connectivity index (χ2v) is 5.95. The standard InChI is InChI=1S/C14H22O4/c1-12(11-15)8-9-14(17-12)7-4-6-13(18-14)5-2-3-10-16-13/h4,6,15H,2-3,5,7-11H2,1H3/t12-,13+,14-/m0/s1. The Kier molecular flexibility index (Phi) is 3.01. The van der Waals surface area contributed by atoms with Crippen LogP contribution in [0.5, 0.6) is 0 Å². The molecule has 2 spiro atoms. The molecule has 0 aromatic heterocycles. The topological polar surface area (TPSA) is 47.9 Å². The number of aliphatic hydroxyl groups is 1. The van der Waals surface area contributed by atoms with Gasteiger partial charge in [-0.2, -0.15) is 0 Å². The highest BCUT2D eigenvalue weighted by atomic mass is 16.8. The number of hydrogen-bond acceptors (Lipinski definition) is 4. The van der Waals surface area contributed by atoms with E-state index in [9.17, 15) is 5.11 Å². The summed E-state index contributed by atoms with van der Waals surface area (Å²) in [5.74, 6) is -1.18. The fourth-order valence-electron chi connectivity index (χ4n) is 3.14. The Morgan fingerprint density at radius 2 is 2.06 bits per heavy atom. The number of hydrogen-bond donors (Lipinski definition) is 1. The Bertz CT molecular complexity index is 348. The van der Waals surface area contributed by atoms with E-state index >= 15 is 0 Å². The molecule has 4 heteroatoms. The zero-order valence-corrected chi connectivity index (χ0v) is 11.0. The molecule has 102 valence electrons. The summed E-state index contributed by atoms with van der Waals surface area (Å²) < 4.78 is 18.1. The first-order valence-corrected chi connectivity index (χ1v) is 6.92. The summed E-state index contributed by atoms with van der Waals surface area (Å²) >= 11 is 0. The lowest BCUT2D eigenvalue weighted by atomic mass is 9.97. The summed E-state index contributed by atoms with van der Waals surface area (Å²) in [5.41, 5.74) is -0.471. The van der Waals surface area contributed by atoms with Gasteiger partial charge in [-0.1, -0.05) is 6.08 Å². The van der Waals surface area contributed by atoms with Crippen LogP contribution in [0, 0.1) is 0 Å². The Labute approximate surface area is 108 Å². The van der Waals surface area contributed by atoms with Crippen molar-refractivity contribution >= 4 is 0 Å². The molecule has 1 N–H and O–H groups in total. The van der Waals surface area contributed by atoms with Gasteiger partial charge in [0.05, 0.1) is 18.8 Å². The van der Waals surface area contributed by atoms with Crippen molar-refractivity contribution < 1.29 is 19.3 Å². The molecule has 0 bridgehead atoms. The van der Waals surface area contributed by atoms with Crippen LogP contribution in [0.1, 0.15) is 45.4 Å². The maximum atomic E-state index is 9.41. The first kappa shape index (κ1) is 12.6. The van der Waals surface area contributed by atoms with Crippen molar-refractivity contribution in [3.8, 4) is 0 Å². The van der Waals surface area contributed by atoms with Gasteiger partial charge in [0.1, 0.15) is 0 Å². The summed E-state index contributed by atoms with van der Waals surface area (Å²) in [7, 11) is 0. The zero-order chi connectivity index (χ0) is 12.7. The number of ether oxygens (including phenoxy) is 3. The van der Waals surface area contributed by atoms with E-state index in [4.69, 9.17) is 14.2 Å². The average Bonchev–Trinajstić information content (AvgIpc) is 2.68. The van der Waals surface area contributed by atoms with Gasteiger partial charge in [0.25, 0.3) is 0 Å². The van der Waals surface area contributed by atoms with Crippen LogP contribution in [-0.4, -0.2) is 35.5 Å². The van der Waals surface area contributed by atoms with E-state index in [1.807, 2.05) is 13.0 Å². The van der Waals surface area contributed by atoms with Crippen molar-refractivity contribution in [2.75, 3.05) is 13.2 Å². The van der Waals surface area contributed by atoms with Crippen molar-refractivity contribution in [1.82, 2.24) is 0 Å². The summed E-state index contributed by atoms with van der Waals surface area (Å²) in [6.07, 6.45) is 9.65. The molecule has 0 aliphatic carbocycles. The van der Waals surface area contributed by atoms with Crippen LogP contribution in [0.2, 0.25) is 0 Å². The minimum Gasteiger partial charge on any atom is -0.393 e. The van der Waals surface area contributed by atoms with Gasteiger partial charge in [0, 0.05) is 19.3 Å². The minimum absolute atomic E-state index is 0.0374. The molecule has 0 unspecified atom stereocenters. The molecule has 3 atom stereocenters. The lowest BCUT2D eigenvalue weighted by Gasteiger charge is -2.45. The molecule has 3 heterocycles. The van der Waals surface area contributed by atoms with Crippen molar-refractivity contribution in [3.63, 3.8) is 0 Å². The molecule has 3 rings (SSSR count). The monoisotopic (exact) mass is 254 g/mol. The van der Waals surface area contributed by atoms with Crippen molar-refractivity contribution in [2.24, 2.45) is 0 Å². The van der Waals surface area contributed by atoms with Crippen LogP contribution in [0.3, 0.4) is 0 Å². The average molecular weight is 254 g/mol. The highest BCUT2D eigenvalue weighted by Gasteiger charge is 2.53. The van der Waals surface area contributed by atoms with E-state index < -0.39 is 17.2 Å². The van der Waals surface area contributed by atoms with Crippen molar-refractivity contribution in [2.45, 2.75) is 62.6 Å². The largest absolute Gasteiger partial charge is 0.393 e. The summed E-state index contributed by atoms with van der Waals surface area (Å²) in [4.78, 5) is 0. The summed E-state index contributed by atoms with van der Waals surface area (Å²) in [6, 6.07) is 0. The molecular formula is C14H22O4. The lowest BCUT2D eigenvalue weighted by Crippen LogP contribution is -2.50. The maximum absolute atomic E-state index is 9.41. The first-order chi connectivity index (χ1) is 8.60. The highest BCUT2D eigenvalue weighted by molar-refractivity contribution is 5.07. The molecule has 2 fully saturated rings. The molecule has 3 aliphatic heterocycles. The fourth-order valence-corrected chi connectivity index (χ4v) is 3.14. The molecule has 0 amide bonds. The quantitative estimate of drug-likeness (QED) is 0.728. The van der Waals surface area contributed by atoms with Crippen LogP contribution in [0.15, 0.2) is 12.2 Å².